The second-order valence-corrected chi connectivity index (χ2v) is 5.72. The van der Waals surface area contributed by atoms with Crippen LogP contribution in [0.25, 0.3) is 10.9 Å². The largest absolute Gasteiger partial charge is 0.355 e. The zero-order valence-corrected chi connectivity index (χ0v) is 12.8. The van der Waals surface area contributed by atoms with Gasteiger partial charge in [0, 0.05) is 31.6 Å². The van der Waals surface area contributed by atoms with Crippen LogP contribution in [-0.4, -0.2) is 42.1 Å². The van der Waals surface area contributed by atoms with E-state index < -0.39 is 0 Å². The van der Waals surface area contributed by atoms with Crippen LogP contribution in [0.5, 0.6) is 0 Å². The lowest BCUT2D eigenvalue weighted by molar-refractivity contribution is -0.125. The third-order valence-corrected chi connectivity index (χ3v) is 4.11. The van der Waals surface area contributed by atoms with Gasteiger partial charge in [0.2, 0.25) is 5.91 Å². The van der Waals surface area contributed by atoms with Gasteiger partial charge in [0.1, 0.15) is 18.0 Å². The maximum absolute atomic E-state index is 13.6. The molecule has 122 valence electrons. The first-order chi connectivity index (χ1) is 11.2. The minimum Gasteiger partial charge on any atom is -0.355 e. The van der Waals surface area contributed by atoms with Crippen LogP contribution in [0, 0.1) is 11.7 Å². The van der Waals surface area contributed by atoms with Crippen molar-refractivity contribution in [1.82, 2.24) is 15.3 Å². The molecule has 1 aliphatic heterocycles. The van der Waals surface area contributed by atoms with Crippen LogP contribution >= 0.6 is 0 Å². The Morgan fingerprint density at radius 3 is 3.13 bits per heavy atom. The quantitative estimate of drug-likeness (QED) is 0.881. The monoisotopic (exact) mass is 317 g/mol. The van der Waals surface area contributed by atoms with Crippen LogP contribution in [0.15, 0.2) is 24.5 Å². The van der Waals surface area contributed by atoms with E-state index in [1.165, 1.54) is 18.5 Å². The van der Waals surface area contributed by atoms with Crippen molar-refractivity contribution in [2.45, 2.75) is 12.8 Å². The number of nitrogens with two attached hydrogens (primary N) is 1. The molecule has 3 N–H and O–H groups in total. The molecular weight excluding hydrogens is 297 g/mol. The van der Waals surface area contributed by atoms with E-state index >= 15 is 0 Å². The molecule has 1 aromatic heterocycles. The fraction of sp³-hybridized carbons (Fsp3) is 0.438. The number of nitrogens with one attached hydrogen (secondary N) is 1. The SMILES string of the molecule is NCCNC(=O)C1CCCN(c2ncnc3ccc(F)cc23)C1. The van der Waals surface area contributed by atoms with E-state index in [9.17, 15) is 9.18 Å². The molecule has 0 aliphatic carbocycles. The number of benzene rings is 1. The average molecular weight is 317 g/mol. The molecule has 0 saturated carbocycles. The van der Waals surface area contributed by atoms with Gasteiger partial charge in [-0.05, 0) is 31.0 Å². The fourth-order valence-corrected chi connectivity index (χ4v) is 2.99. The lowest BCUT2D eigenvalue weighted by atomic mass is 9.97. The summed E-state index contributed by atoms with van der Waals surface area (Å²) < 4.78 is 13.6. The maximum atomic E-state index is 13.6. The fourth-order valence-electron chi connectivity index (χ4n) is 2.99. The van der Waals surface area contributed by atoms with Crippen LogP contribution in [0.2, 0.25) is 0 Å². The number of hydrogen-bond acceptors (Lipinski definition) is 5. The molecule has 1 saturated heterocycles. The van der Waals surface area contributed by atoms with Gasteiger partial charge in [-0.3, -0.25) is 4.79 Å². The van der Waals surface area contributed by atoms with E-state index in [4.69, 9.17) is 5.73 Å². The summed E-state index contributed by atoms with van der Waals surface area (Å²) in [6.45, 7) is 2.28. The summed E-state index contributed by atoms with van der Waals surface area (Å²) in [5.74, 6) is 0.284. The van der Waals surface area contributed by atoms with Crippen LogP contribution in [-0.2, 0) is 4.79 Å². The molecule has 0 spiro atoms. The highest BCUT2D eigenvalue weighted by Crippen LogP contribution is 2.28. The number of carbonyl (C=O) groups is 1. The van der Waals surface area contributed by atoms with Crippen LogP contribution in [0.4, 0.5) is 10.2 Å². The predicted molar refractivity (Wildman–Crippen MR) is 86.5 cm³/mol. The van der Waals surface area contributed by atoms with Crippen molar-refractivity contribution in [2.24, 2.45) is 11.7 Å². The maximum Gasteiger partial charge on any atom is 0.224 e. The molecule has 1 aliphatic rings. The highest BCUT2D eigenvalue weighted by molar-refractivity contribution is 5.89. The molecule has 6 nitrogen and oxygen atoms in total. The average Bonchev–Trinajstić information content (AvgIpc) is 2.59. The van der Waals surface area contributed by atoms with Crippen molar-refractivity contribution < 1.29 is 9.18 Å². The van der Waals surface area contributed by atoms with Gasteiger partial charge in [-0.15, -0.1) is 0 Å². The Morgan fingerprint density at radius 1 is 1.43 bits per heavy atom. The number of anilines is 1. The molecule has 2 heterocycles. The van der Waals surface area contributed by atoms with Crippen molar-refractivity contribution in [2.75, 3.05) is 31.1 Å². The summed E-state index contributed by atoms with van der Waals surface area (Å²) >= 11 is 0. The Hall–Kier alpha value is -2.28. The summed E-state index contributed by atoms with van der Waals surface area (Å²) in [5, 5.41) is 3.51. The van der Waals surface area contributed by atoms with E-state index in [1.807, 2.05) is 4.90 Å². The highest BCUT2D eigenvalue weighted by atomic mass is 19.1. The van der Waals surface area contributed by atoms with Gasteiger partial charge in [-0.25, -0.2) is 14.4 Å². The minimum absolute atomic E-state index is 0.0182. The van der Waals surface area contributed by atoms with E-state index in [1.54, 1.807) is 6.07 Å². The Kier molecular flexibility index (Phi) is 4.66. The zero-order valence-electron chi connectivity index (χ0n) is 12.8. The van der Waals surface area contributed by atoms with Crippen LogP contribution < -0.4 is 16.0 Å². The Labute approximate surface area is 133 Å². The van der Waals surface area contributed by atoms with E-state index in [2.05, 4.69) is 15.3 Å². The van der Waals surface area contributed by atoms with E-state index in [-0.39, 0.29) is 17.6 Å². The number of rotatable bonds is 4. The van der Waals surface area contributed by atoms with Gasteiger partial charge < -0.3 is 16.0 Å². The molecule has 0 radical (unpaired) electrons. The zero-order chi connectivity index (χ0) is 16.2. The highest BCUT2D eigenvalue weighted by Gasteiger charge is 2.27. The third kappa shape index (κ3) is 3.39. The van der Waals surface area contributed by atoms with Crippen molar-refractivity contribution in [3.8, 4) is 0 Å². The minimum atomic E-state index is -0.317. The lowest BCUT2D eigenvalue weighted by Gasteiger charge is -2.33. The van der Waals surface area contributed by atoms with Crippen molar-refractivity contribution in [3.63, 3.8) is 0 Å². The Bertz CT molecular complexity index is 708. The van der Waals surface area contributed by atoms with Gasteiger partial charge in [0.25, 0.3) is 0 Å². The third-order valence-electron chi connectivity index (χ3n) is 4.11. The van der Waals surface area contributed by atoms with E-state index in [0.717, 1.165) is 19.4 Å². The van der Waals surface area contributed by atoms with Gasteiger partial charge in [0.05, 0.1) is 11.4 Å². The molecule has 1 aromatic carbocycles. The standard InChI is InChI=1S/C16H20FN5O/c17-12-3-4-14-13(8-12)15(21-10-20-14)22-7-1-2-11(9-22)16(23)19-6-5-18/h3-4,8,10-11H,1-2,5-7,9,18H2,(H,19,23). The van der Waals surface area contributed by atoms with Gasteiger partial charge in [-0.2, -0.15) is 0 Å². The summed E-state index contributed by atoms with van der Waals surface area (Å²) in [4.78, 5) is 22.7. The number of halogens is 1. The molecule has 2 aromatic rings. The molecule has 23 heavy (non-hydrogen) atoms. The normalized spacial score (nSPS) is 18.2. The molecule has 1 amide bonds. The topological polar surface area (TPSA) is 84.1 Å². The number of piperidine rings is 1. The van der Waals surface area contributed by atoms with Gasteiger partial charge in [-0.1, -0.05) is 0 Å². The number of hydrogen-bond donors (Lipinski definition) is 2. The second kappa shape index (κ2) is 6.87. The smallest absolute Gasteiger partial charge is 0.224 e. The van der Waals surface area contributed by atoms with Crippen molar-refractivity contribution >= 4 is 22.6 Å². The summed E-state index contributed by atoms with van der Waals surface area (Å²) in [6.07, 6.45) is 3.21. The summed E-state index contributed by atoms with van der Waals surface area (Å²) in [6, 6.07) is 4.48. The number of amides is 1. The molecule has 3 rings (SSSR count). The Balaban J connectivity index is 1.84. The van der Waals surface area contributed by atoms with Crippen molar-refractivity contribution in [3.05, 3.63) is 30.3 Å². The van der Waals surface area contributed by atoms with E-state index in [0.29, 0.717) is 36.4 Å². The Morgan fingerprint density at radius 2 is 2.30 bits per heavy atom. The summed E-state index contributed by atoms with van der Waals surface area (Å²) in [5.41, 5.74) is 6.12. The predicted octanol–water partition coefficient (Wildman–Crippen LogP) is 1.06. The second-order valence-electron chi connectivity index (χ2n) is 5.72. The molecule has 1 fully saturated rings. The molecule has 1 atom stereocenters. The first-order valence-electron chi connectivity index (χ1n) is 7.82. The number of fused-ring (bicyclic) bond motifs is 1. The summed E-state index contributed by atoms with van der Waals surface area (Å²) in [7, 11) is 0. The molecule has 7 heteroatoms. The first-order valence-corrected chi connectivity index (χ1v) is 7.82. The van der Waals surface area contributed by atoms with Gasteiger partial charge >= 0.3 is 0 Å². The van der Waals surface area contributed by atoms with Crippen molar-refractivity contribution in [1.29, 1.82) is 0 Å². The van der Waals surface area contributed by atoms with Crippen LogP contribution in [0.1, 0.15) is 12.8 Å². The van der Waals surface area contributed by atoms with Gasteiger partial charge in [0.15, 0.2) is 0 Å². The number of carbonyl (C=O) groups excluding carboxylic acids is 1. The molecule has 1 unspecified atom stereocenters. The lowest BCUT2D eigenvalue weighted by Crippen LogP contribution is -2.44. The number of aromatic nitrogens is 2. The van der Waals surface area contributed by atoms with Crippen LogP contribution in [0.3, 0.4) is 0 Å². The first kappa shape index (κ1) is 15.6. The number of nitrogens with zero attached hydrogens (tertiary/aromatic N) is 3. The molecular formula is C16H20FN5O. The molecule has 0 bridgehead atoms.